The second-order valence-corrected chi connectivity index (χ2v) is 4.42. The van der Waals surface area contributed by atoms with Gasteiger partial charge in [0.15, 0.2) is 18.1 Å². The molecule has 0 unspecified atom stereocenters. The molecule has 6 heteroatoms. The average molecular weight is 275 g/mol. The molecule has 106 valence electrons. The first-order chi connectivity index (χ1) is 9.60. The third-order valence-electron chi connectivity index (χ3n) is 2.77. The van der Waals surface area contributed by atoms with Gasteiger partial charge in [0.1, 0.15) is 5.82 Å². The highest BCUT2D eigenvalue weighted by molar-refractivity contribution is 5.91. The van der Waals surface area contributed by atoms with Crippen molar-refractivity contribution < 1.29 is 14.3 Å². The molecule has 2 rings (SSSR count). The molecule has 1 aromatic carbocycles. The monoisotopic (exact) mass is 275 g/mol. The van der Waals surface area contributed by atoms with Gasteiger partial charge in [0, 0.05) is 5.56 Å². The van der Waals surface area contributed by atoms with E-state index in [0.29, 0.717) is 17.3 Å². The van der Waals surface area contributed by atoms with E-state index in [1.165, 1.54) is 0 Å². The van der Waals surface area contributed by atoms with Crippen LogP contribution in [0.5, 0.6) is 11.5 Å². The van der Waals surface area contributed by atoms with E-state index in [1.807, 2.05) is 26.0 Å². The Morgan fingerprint density at radius 1 is 1.35 bits per heavy atom. The quantitative estimate of drug-likeness (QED) is 0.875. The van der Waals surface area contributed by atoms with Crippen LogP contribution in [0.1, 0.15) is 11.1 Å². The summed E-state index contributed by atoms with van der Waals surface area (Å²) in [5.74, 6) is 1.46. The van der Waals surface area contributed by atoms with Crippen molar-refractivity contribution in [3.63, 3.8) is 0 Å². The van der Waals surface area contributed by atoms with Crippen molar-refractivity contribution >= 4 is 11.7 Å². The highest BCUT2D eigenvalue weighted by atomic mass is 16.5. The van der Waals surface area contributed by atoms with Crippen LogP contribution in [-0.4, -0.2) is 29.8 Å². The molecule has 1 heterocycles. The fourth-order valence-electron chi connectivity index (χ4n) is 1.69. The van der Waals surface area contributed by atoms with Gasteiger partial charge in [-0.3, -0.25) is 9.89 Å². The summed E-state index contributed by atoms with van der Waals surface area (Å²) in [6.07, 6.45) is 1.64. The number of ether oxygens (including phenoxy) is 2. The van der Waals surface area contributed by atoms with Crippen LogP contribution < -0.4 is 14.8 Å². The van der Waals surface area contributed by atoms with Crippen LogP contribution in [-0.2, 0) is 4.79 Å². The first kappa shape index (κ1) is 13.9. The minimum absolute atomic E-state index is 0.0993. The summed E-state index contributed by atoms with van der Waals surface area (Å²) in [7, 11) is 1.57. The molecule has 0 aliphatic carbocycles. The number of anilines is 1. The fourth-order valence-corrected chi connectivity index (χ4v) is 1.69. The maximum atomic E-state index is 11.8. The number of aromatic nitrogens is 2. The zero-order chi connectivity index (χ0) is 14.5. The maximum absolute atomic E-state index is 11.8. The second-order valence-electron chi connectivity index (χ2n) is 4.42. The smallest absolute Gasteiger partial charge is 0.263 e. The van der Waals surface area contributed by atoms with E-state index in [-0.39, 0.29) is 12.5 Å². The van der Waals surface area contributed by atoms with Gasteiger partial charge in [0.25, 0.3) is 5.91 Å². The summed E-state index contributed by atoms with van der Waals surface area (Å²) in [4.78, 5) is 11.8. The molecule has 0 aliphatic heterocycles. The Bertz CT molecular complexity index is 607. The number of methoxy groups -OCH3 is 1. The highest BCUT2D eigenvalue weighted by Gasteiger charge is 2.09. The van der Waals surface area contributed by atoms with Gasteiger partial charge in [-0.2, -0.15) is 5.10 Å². The van der Waals surface area contributed by atoms with Gasteiger partial charge in [-0.25, -0.2) is 0 Å². The maximum Gasteiger partial charge on any atom is 0.263 e. The number of aryl methyl sites for hydroxylation is 2. The molecule has 1 amide bonds. The molecule has 0 saturated heterocycles. The van der Waals surface area contributed by atoms with Crippen molar-refractivity contribution in [1.82, 2.24) is 10.2 Å². The van der Waals surface area contributed by atoms with E-state index >= 15 is 0 Å². The van der Waals surface area contributed by atoms with Crippen molar-refractivity contribution in [1.29, 1.82) is 0 Å². The van der Waals surface area contributed by atoms with Crippen LogP contribution in [0.4, 0.5) is 5.82 Å². The summed E-state index contributed by atoms with van der Waals surface area (Å²) in [5.41, 5.74) is 1.93. The predicted molar refractivity (Wildman–Crippen MR) is 75.2 cm³/mol. The molecule has 1 aromatic heterocycles. The number of rotatable bonds is 5. The molecule has 6 nitrogen and oxygen atoms in total. The SMILES string of the molecule is COc1cc(C)ccc1OCC(=O)Nc1[nH]ncc1C. The lowest BCUT2D eigenvalue weighted by atomic mass is 10.2. The number of carbonyl (C=O) groups excluding carboxylic acids is 1. The van der Waals surface area contributed by atoms with E-state index in [9.17, 15) is 4.79 Å². The summed E-state index contributed by atoms with van der Waals surface area (Å²) < 4.78 is 10.7. The van der Waals surface area contributed by atoms with Crippen molar-refractivity contribution in [3.05, 3.63) is 35.5 Å². The normalized spacial score (nSPS) is 10.2. The molecule has 0 aliphatic rings. The molecular formula is C14H17N3O3. The molecule has 0 saturated carbocycles. The first-order valence-corrected chi connectivity index (χ1v) is 6.17. The first-order valence-electron chi connectivity index (χ1n) is 6.17. The van der Waals surface area contributed by atoms with Gasteiger partial charge < -0.3 is 14.8 Å². The lowest BCUT2D eigenvalue weighted by Gasteiger charge is -2.11. The Balaban J connectivity index is 1.95. The lowest BCUT2D eigenvalue weighted by molar-refractivity contribution is -0.118. The largest absolute Gasteiger partial charge is 0.493 e. The summed E-state index contributed by atoms with van der Waals surface area (Å²) in [5, 5.41) is 9.22. The Hall–Kier alpha value is -2.50. The number of carbonyl (C=O) groups is 1. The van der Waals surface area contributed by atoms with E-state index < -0.39 is 0 Å². The molecule has 0 radical (unpaired) electrons. The Labute approximate surface area is 117 Å². The number of nitrogens with zero attached hydrogens (tertiary/aromatic N) is 1. The average Bonchev–Trinajstić information content (AvgIpc) is 2.82. The van der Waals surface area contributed by atoms with Crippen LogP contribution in [0, 0.1) is 13.8 Å². The molecule has 0 atom stereocenters. The van der Waals surface area contributed by atoms with Crippen molar-refractivity contribution in [2.75, 3.05) is 19.0 Å². The number of nitrogens with one attached hydrogen (secondary N) is 2. The second kappa shape index (κ2) is 6.10. The Morgan fingerprint density at radius 3 is 2.80 bits per heavy atom. The van der Waals surface area contributed by atoms with Crippen LogP contribution >= 0.6 is 0 Å². The van der Waals surface area contributed by atoms with Gasteiger partial charge in [-0.15, -0.1) is 0 Å². The van der Waals surface area contributed by atoms with Gasteiger partial charge in [-0.05, 0) is 31.5 Å². The van der Waals surface area contributed by atoms with E-state index in [2.05, 4.69) is 15.5 Å². The minimum atomic E-state index is -0.264. The van der Waals surface area contributed by atoms with E-state index in [4.69, 9.17) is 9.47 Å². The molecule has 0 fully saturated rings. The molecule has 0 spiro atoms. The van der Waals surface area contributed by atoms with Crippen molar-refractivity contribution in [3.8, 4) is 11.5 Å². The standard InChI is InChI=1S/C14H17N3O3/c1-9-4-5-11(12(6-9)19-3)20-8-13(18)16-14-10(2)7-15-17-14/h4-7H,8H2,1-3H3,(H2,15,16,17,18). The third-order valence-corrected chi connectivity index (χ3v) is 2.77. The van der Waals surface area contributed by atoms with Gasteiger partial charge in [0.05, 0.1) is 13.3 Å². The predicted octanol–water partition coefficient (Wildman–Crippen LogP) is 2.05. The van der Waals surface area contributed by atoms with Crippen molar-refractivity contribution in [2.24, 2.45) is 0 Å². The summed E-state index contributed by atoms with van der Waals surface area (Å²) in [6.45, 7) is 3.71. The van der Waals surface area contributed by atoms with Crippen LogP contribution in [0.3, 0.4) is 0 Å². The Kier molecular flexibility index (Phi) is 4.24. The van der Waals surface area contributed by atoms with Gasteiger partial charge >= 0.3 is 0 Å². The number of aromatic amines is 1. The zero-order valence-corrected chi connectivity index (χ0v) is 11.7. The summed E-state index contributed by atoms with van der Waals surface area (Å²) in [6, 6.07) is 5.53. The minimum Gasteiger partial charge on any atom is -0.493 e. The molecule has 20 heavy (non-hydrogen) atoms. The number of hydrogen-bond acceptors (Lipinski definition) is 4. The van der Waals surface area contributed by atoms with Crippen LogP contribution in [0.2, 0.25) is 0 Å². The van der Waals surface area contributed by atoms with Gasteiger partial charge in [0.2, 0.25) is 0 Å². The molecular weight excluding hydrogens is 258 g/mol. The zero-order valence-electron chi connectivity index (χ0n) is 11.7. The topological polar surface area (TPSA) is 76.2 Å². The van der Waals surface area contributed by atoms with E-state index in [0.717, 1.165) is 11.1 Å². The highest BCUT2D eigenvalue weighted by Crippen LogP contribution is 2.27. The van der Waals surface area contributed by atoms with E-state index in [1.54, 1.807) is 19.4 Å². The van der Waals surface area contributed by atoms with Crippen molar-refractivity contribution in [2.45, 2.75) is 13.8 Å². The number of hydrogen-bond donors (Lipinski definition) is 2. The van der Waals surface area contributed by atoms with Crippen LogP contribution in [0.25, 0.3) is 0 Å². The van der Waals surface area contributed by atoms with Gasteiger partial charge in [-0.1, -0.05) is 6.07 Å². The number of benzene rings is 1. The van der Waals surface area contributed by atoms with Crippen LogP contribution in [0.15, 0.2) is 24.4 Å². The molecule has 0 bridgehead atoms. The Morgan fingerprint density at radius 2 is 2.15 bits per heavy atom. The third kappa shape index (κ3) is 3.28. The lowest BCUT2D eigenvalue weighted by Crippen LogP contribution is -2.21. The molecule has 2 N–H and O–H groups in total. The molecule has 2 aromatic rings. The summed E-state index contributed by atoms with van der Waals surface area (Å²) >= 11 is 0. The fraction of sp³-hybridized carbons (Fsp3) is 0.286. The number of H-pyrrole nitrogens is 1. The number of amides is 1.